The van der Waals surface area contributed by atoms with Crippen molar-refractivity contribution in [3.63, 3.8) is 0 Å². The van der Waals surface area contributed by atoms with Crippen LogP contribution in [0.1, 0.15) is 5.69 Å². The third-order valence-electron chi connectivity index (χ3n) is 3.87. The van der Waals surface area contributed by atoms with Crippen molar-refractivity contribution >= 4 is 5.91 Å². The van der Waals surface area contributed by atoms with Gasteiger partial charge in [0.25, 0.3) is 0 Å². The number of rotatable bonds is 5. The topological polar surface area (TPSA) is 76.6 Å². The summed E-state index contributed by atoms with van der Waals surface area (Å²) >= 11 is 0. The van der Waals surface area contributed by atoms with Gasteiger partial charge in [0.1, 0.15) is 11.9 Å². The first-order valence-corrected chi connectivity index (χ1v) is 8.04. The summed E-state index contributed by atoms with van der Waals surface area (Å²) in [6, 6.07) is 3.02. The molecular formula is C17H18F2N4O3. The summed E-state index contributed by atoms with van der Waals surface area (Å²) in [6.45, 7) is 2.08. The van der Waals surface area contributed by atoms with Crippen LogP contribution in [0.15, 0.2) is 30.6 Å². The third-order valence-corrected chi connectivity index (χ3v) is 3.87. The molecule has 1 atom stereocenters. The highest BCUT2D eigenvalue weighted by molar-refractivity contribution is 5.80. The molecule has 0 bridgehead atoms. The molecule has 138 valence electrons. The highest BCUT2D eigenvalue weighted by atomic mass is 19.1. The molecule has 0 saturated carbocycles. The van der Waals surface area contributed by atoms with Gasteiger partial charge in [0, 0.05) is 32.7 Å². The van der Waals surface area contributed by atoms with Gasteiger partial charge in [-0.05, 0) is 12.1 Å². The Balaban J connectivity index is 1.60. The molecule has 2 aromatic rings. The zero-order valence-electron chi connectivity index (χ0n) is 14.1. The first-order chi connectivity index (χ1) is 12.5. The second-order valence-electron chi connectivity index (χ2n) is 5.73. The fourth-order valence-corrected chi connectivity index (χ4v) is 2.54. The second kappa shape index (κ2) is 8.15. The van der Waals surface area contributed by atoms with Gasteiger partial charge in [0.2, 0.25) is 11.8 Å². The van der Waals surface area contributed by atoms with E-state index in [-0.39, 0.29) is 17.5 Å². The van der Waals surface area contributed by atoms with E-state index in [2.05, 4.69) is 15.3 Å². The molecule has 3 rings (SSSR count). The van der Waals surface area contributed by atoms with E-state index in [1.165, 1.54) is 18.5 Å². The van der Waals surface area contributed by atoms with Crippen LogP contribution in [0, 0.1) is 11.6 Å². The van der Waals surface area contributed by atoms with Crippen molar-refractivity contribution < 1.29 is 23.0 Å². The maximum absolute atomic E-state index is 13.6. The van der Waals surface area contributed by atoms with Gasteiger partial charge in [-0.15, -0.1) is 0 Å². The first kappa shape index (κ1) is 18.2. The van der Waals surface area contributed by atoms with Crippen molar-refractivity contribution in [2.45, 2.75) is 12.6 Å². The minimum atomic E-state index is -0.815. The normalized spacial score (nSPS) is 17.7. The van der Waals surface area contributed by atoms with Crippen LogP contribution in [-0.2, 0) is 16.1 Å². The fourth-order valence-electron chi connectivity index (χ4n) is 2.54. The fraction of sp³-hybridized carbons (Fsp3) is 0.353. The van der Waals surface area contributed by atoms with Crippen molar-refractivity contribution in [3.05, 3.63) is 47.9 Å². The Kier molecular flexibility index (Phi) is 5.69. The van der Waals surface area contributed by atoms with Crippen molar-refractivity contribution in [2.75, 3.05) is 26.7 Å². The molecule has 0 aliphatic carbocycles. The first-order valence-electron chi connectivity index (χ1n) is 8.04. The monoisotopic (exact) mass is 364 g/mol. The van der Waals surface area contributed by atoms with Crippen LogP contribution in [0.4, 0.5) is 8.78 Å². The van der Waals surface area contributed by atoms with Gasteiger partial charge in [-0.2, -0.15) is 0 Å². The Morgan fingerprint density at radius 1 is 1.38 bits per heavy atom. The molecule has 0 spiro atoms. The van der Waals surface area contributed by atoms with Crippen LogP contribution in [0.25, 0.3) is 0 Å². The van der Waals surface area contributed by atoms with E-state index in [0.717, 1.165) is 12.1 Å². The van der Waals surface area contributed by atoms with Crippen LogP contribution in [0.3, 0.4) is 0 Å². The predicted molar refractivity (Wildman–Crippen MR) is 87.5 cm³/mol. The smallest absolute Gasteiger partial charge is 0.250 e. The van der Waals surface area contributed by atoms with Crippen molar-refractivity contribution in [1.29, 1.82) is 0 Å². The van der Waals surface area contributed by atoms with Crippen LogP contribution in [-0.4, -0.2) is 53.6 Å². The number of amides is 1. The molecule has 0 unspecified atom stereocenters. The third kappa shape index (κ3) is 4.50. The number of benzene rings is 1. The molecule has 1 saturated heterocycles. The number of likely N-dealkylation sites (N-methyl/N-ethyl adjacent to an activating group) is 1. The summed E-state index contributed by atoms with van der Waals surface area (Å²) in [5.41, 5.74) is 0.675. The van der Waals surface area contributed by atoms with Gasteiger partial charge in [0.05, 0.1) is 24.7 Å². The summed E-state index contributed by atoms with van der Waals surface area (Å²) in [6.07, 6.45) is 2.38. The Hall–Kier alpha value is -2.65. The lowest BCUT2D eigenvalue weighted by Crippen LogP contribution is -2.48. The van der Waals surface area contributed by atoms with Crippen molar-refractivity contribution in [3.8, 4) is 11.6 Å². The number of aromatic nitrogens is 2. The zero-order valence-corrected chi connectivity index (χ0v) is 14.1. The lowest BCUT2D eigenvalue weighted by Gasteiger charge is -2.31. The molecule has 9 heteroatoms. The van der Waals surface area contributed by atoms with Gasteiger partial charge in [-0.3, -0.25) is 14.7 Å². The maximum atomic E-state index is 13.6. The Morgan fingerprint density at radius 2 is 2.23 bits per heavy atom. The Labute approximate surface area is 149 Å². The number of nitrogens with zero attached hydrogens (tertiary/aromatic N) is 3. The lowest BCUT2D eigenvalue weighted by atomic mass is 10.2. The molecule has 1 amide bonds. The summed E-state index contributed by atoms with van der Waals surface area (Å²) in [5.74, 6) is -1.69. The number of carbonyl (C=O) groups excluding carboxylic acids is 1. The molecule has 1 aromatic carbocycles. The number of ether oxygens (including phenoxy) is 2. The molecule has 1 aromatic heterocycles. The largest absolute Gasteiger partial charge is 0.434 e. The SMILES string of the molecule is CNC(=O)[C@@H]1CN(Cc2cnc(Oc3ccc(F)cc3F)cn2)CCO1. The number of carbonyl (C=O) groups is 1. The minimum absolute atomic E-state index is 0.101. The molecule has 1 aliphatic rings. The molecule has 7 nitrogen and oxygen atoms in total. The molecule has 1 N–H and O–H groups in total. The van der Waals surface area contributed by atoms with Gasteiger partial charge in [-0.25, -0.2) is 13.8 Å². The molecule has 2 heterocycles. The van der Waals surface area contributed by atoms with Crippen LogP contribution in [0.5, 0.6) is 11.6 Å². The van der Waals surface area contributed by atoms with Crippen LogP contribution >= 0.6 is 0 Å². The van der Waals surface area contributed by atoms with Crippen LogP contribution < -0.4 is 10.1 Å². The summed E-state index contributed by atoms with van der Waals surface area (Å²) < 4.78 is 37.2. The molecule has 1 aliphatic heterocycles. The summed E-state index contributed by atoms with van der Waals surface area (Å²) in [4.78, 5) is 22.0. The van der Waals surface area contributed by atoms with Gasteiger partial charge in [0.15, 0.2) is 11.6 Å². The van der Waals surface area contributed by atoms with E-state index in [1.54, 1.807) is 7.05 Å². The molecule has 1 fully saturated rings. The van der Waals surface area contributed by atoms with E-state index < -0.39 is 17.7 Å². The van der Waals surface area contributed by atoms with Crippen molar-refractivity contribution in [1.82, 2.24) is 20.2 Å². The van der Waals surface area contributed by atoms with Gasteiger partial charge >= 0.3 is 0 Å². The quantitative estimate of drug-likeness (QED) is 0.866. The minimum Gasteiger partial charge on any atom is -0.434 e. The number of morpholine rings is 1. The van der Waals surface area contributed by atoms with E-state index in [1.807, 2.05) is 4.90 Å². The van der Waals surface area contributed by atoms with Gasteiger partial charge in [-0.1, -0.05) is 0 Å². The standard InChI is InChI=1S/C17H18F2N4O3/c1-20-17(24)15-10-23(4-5-25-15)9-12-7-22-16(8-21-12)26-14-3-2-11(18)6-13(14)19/h2-3,6-8,15H,4-5,9-10H2,1H3,(H,20,24)/t15-/m0/s1. The van der Waals surface area contributed by atoms with Crippen molar-refractivity contribution in [2.24, 2.45) is 0 Å². The van der Waals surface area contributed by atoms with E-state index in [4.69, 9.17) is 9.47 Å². The number of hydrogen-bond donors (Lipinski definition) is 1. The lowest BCUT2D eigenvalue weighted by molar-refractivity contribution is -0.138. The van der Waals surface area contributed by atoms with Gasteiger partial charge < -0.3 is 14.8 Å². The second-order valence-corrected chi connectivity index (χ2v) is 5.73. The van der Waals surface area contributed by atoms with Crippen LogP contribution in [0.2, 0.25) is 0 Å². The van der Waals surface area contributed by atoms with E-state index in [9.17, 15) is 13.6 Å². The molecule has 0 radical (unpaired) electrons. The average Bonchev–Trinajstić information content (AvgIpc) is 2.65. The summed E-state index contributed by atoms with van der Waals surface area (Å²) in [5, 5.41) is 2.57. The van der Waals surface area contributed by atoms with E-state index >= 15 is 0 Å². The molecular weight excluding hydrogens is 346 g/mol. The Morgan fingerprint density at radius 3 is 2.92 bits per heavy atom. The maximum Gasteiger partial charge on any atom is 0.250 e. The zero-order chi connectivity index (χ0) is 18.5. The van der Waals surface area contributed by atoms with E-state index in [0.29, 0.717) is 31.9 Å². The predicted octanol–water partition coefficient (Wildman–Crippen LogP) is 1.49. The number of hydrogen-bond acceptors (Lipinski definition) is 6. The highest BCUT2D eigenvalue weighted by Gasteiger charge is 2.26. The highest BCUT2D eigenvalue weighted by Crippen LogP contribution is 2.23. The summed E-state index contributed by atoms with van der Waals surface area (Å²) in [7, 11) is 1.57. The average molecular weight is 364 g/mol. The number of nitrogens with one attached hydrogen (secondary N) is 1. The molecule has 26 heavy (non-hydrogen) atoms. The Bertz CT molecular complexity index is 773. The number of halogens is 2.